The number of carbonyl (C=O) groups excluding carboxylic acids is 2. The van der Waals surface area contributed by atoms with Crippen LogP contribution in [0.3, 0.4) is 0 Å². The summed E-state index contributed by atoms with van der Waals surface area (Å²) < 4.78 is 10.7. The Morgan fingerprint density at radius 3 is 2.50 bits per heavy atom. The van der Waals surface area contributed by atoms with Crippen LogP contribution in [-0.2, 0) is 27.3 Å². The fraction of sp³-hybridized carbons (Fsp3) is 0.360. The van der Waals surface area contributed by atoms with Gasteiger partial charge in [-0.1, -0.05) is 36.4 Å². The fourth-order valence-corrected chi connectivity index (χ4v) is 3.78. The lowest BCUT2D eigenvalue weighted by Gasteiger charge is -2.23. The van der Waals surface area contributed by atoms with Crippen molar-refractivity contribution in [2.45, 2.75) is 44.3 Å². The number of hydrogen-bond donors (Lipinski definition) is 5. The first-order chi connectivity index (χ1) is 17.2. The van der Waals surface area contributed by atoms with Gasteiger partial charge in [-0.25, -0.2) is 0 Å². The van der Waals surface area contributed by atoms with Gasteiger partial charge in [0, 0.05) is 13.1 Å². The average Bonchev–Trinajstić information content (AvgIpc) is 3.32. The zero-order valence-electron chi connectivity index (χ0n) is 19.8. The third-order valence-corrected chi connectivity index (χ3v) is 5.79. The monoisotopic (exact) mass is 497 g/mol. The minimum absolute atomic E-state index is 0.00357. The van der Waals surface area contributed by atoms with E-state index in [9.17, 15) is 14.4 Å². The van der Waals surface area contributed by atoms with E-state index in [0.717, 1.165) is 16.0 Å². The number of fused-ring (bicyclic) bond motifs is 1. The number of Topliss-reactive ketones (excluding diaryl/α,β-unsaturated/α-hetero) is 1. The van der Waals surface area contributed by atoms with Crippen LogP contribution in [0.5, 0.6) is 11.5 Å². The van der Waals surface area contributed by atoms with Crippen molar-refractivity contribution in [3.8, 4) is 11.5 Å². The number of nitrogens with zero attached hydrogens (tertiary/aromatic N) is 1. The number of hydrogen-bond acceptors (Lipinski definition) is 8. The molecule has 192 valence electrons. The van der Waals surface area contributed by atoms with Crippen LogP contribution in [0.1, 0.15) is 30.4 Å². The quantitative estimate of drug-likeness (QED) is 0.153. The highest BCUT2D eigenvalue weighted by Gasteiger charge is 2.26. The average molecular weight is 498 g/mol. The number of ketones is 1. The van der Waals surface area contributed by atoms with E-state index in [1.807, 2.05) is 42.5 Å². The van der Waals surface area contributed by atoms with Crippen LogP contribution in [0.25, 0.3) is 0 Å². The van der Waals surface area contributed by atoms with E-state index in [1.54, 1.807) is 6.07 Å². The second-order valence-corrected chi connectivity index (χ2v) is 8.47. The van der Waals surface area contributed by atoms with Crippen LogP contribution in [0, 0.1) is 5.41 Å². The molecule has 0 saturated heterocycles. The van der Waals surface area contributed by atoms with Crippen LogP contribution >= 0.6 is 0 Å². The molecule has 3 rings (SSSR count). The zero-order valence-corrected chi connectivity index (χ0v) is 19.8. The molecule has 2 aromatic carbocycles. The van der Waals surface area contributed by atoms with Crippen LogP contribution in [-0.4, -0.2) is 59.0 Å². The Hall–Kier alpha value is -3.96. The van der Waals surface area contributed by atoms with Crippen molar-refractivity contribution < 1.29 is 29.0 Å². The number of benzene rings is 2. The van der Waals surface area contributed by atoms with Gasteiger partial charge in [0.15, 0.2) is 23.2 Å². The molecule has 2 atom stereocenters. The summed E-state index contributed by atoms with van der Waals surface area (Å²) >= 11 is 0. The number of nitrogens with one attached hydrogen (secondary N) is 2. The Bertz CT molecular complexity index is 1090. The third-order valence-electron chi connectivity index (χ3n) is 5.79. The molecule has 0 fully saturated rings. The first kappa shape index (κ1) is 26.6. The second-order valence-electron chi connectivity index (χ2n) is 8.47. The molecule has 36 heavy (non-hydrogen) atoms. The number of nitrogens with two attached hydrogens (primary N) is 2. The Morgan fingerprint density at radius 2 is 1.81 bits per heavy atom. The van der Waals surface area contributed by atoms with E-state index in [1.165, 1.54) is 0 Å². The lowest BCUT2D eigenvalue weighted by molar-refractivity contribution is -0.138. The number of carboxylic acids is 1. The largest absolute Gasteiger partial charge is 0.480 e. The van der Waals surface area contributed by atoms with Crippen molar-refractivity contribution >= 4 is 23.6 Å². The molecule has 0 aliphatic carbocycles. The lowest BCUT2D eigenvalue weighted by atomic mass is 9.99. The predicted octanol–water partition coefficient (Wildman–Crippen LogP) is 0.990. The molecule has 1 heterocycles. The standard InChI is InChI=1S/C25H31N5O6/c26-18(24(33)34)7-4-10-30(25(27)28)23(32)13-20(31)19(11-16-5-2-1-3-6-16)29-14-17-8-9-21-22(12-17)36-15-35-21/h1-3,5-6,8-9,12,18-19,29H,4,7,10-11,13-15,26H2,(H3,27,28)(H,33,34). The van der Waals surface area contributed by atoms with Crippen LogP contribution in [0.15, 0.2) is 48.5 Å². The number of carbonyl (C=O) groups is 3. The Labute approximate surface area is 208 Å². The first-order valence-electron chi connectivity index (χ1n) is 11.6. The summed E-state index contributed by atoms with van der Waals surface area (Å²) in [6.07, 6.45) is 0.234. The maximum atomic E-state index is 13.2. The highest BCUT2D eigenvalue weighted by Crippen LogP contribution is 2.32. The lowest BCUT2D eigenvalue weighted by Crippen LogP contribution is -2.46. The van der Waals surface area contributed by atoms with E-state index in [2.05, 4.69) is 5.32 Å². The topological polar surface area (TPSA) is 181 Å². The molecular weight excluding hydrogens is 466 g/mol. The summed E-state index contributed by atoms with van der Waals surface area (Å²) in [7, 11) is 0. The van der Waals surface area contributed by atoms with Crippen molar-refractivity contribution in [3.63, 3.8) is 0 Å². The summed E-state index contributed by atoms with van der Waals surface area (Å²) in [5, 5.41) is 19.9. The van der Waals surface area contributed by atoms with Gasteiger partial charge < -0.3 is 31.4 Å². The van der Waals surface area contributed by atoms with Crippen molar-refractivity contribution in [1.29, 1.82) is 5.41 Å². The summed E-state index contributed by atoms with van der Waals surface area (Å²) in [5.41, 5.74) is 12.9. The number of guanidine groups is 1. The summed E-state index contributed by atoms with van der Waals surface area (Å²) in [6, 6.07) is 13.2. The SMILES string of the molecule is N=C(N)N(CCCC(N)C(=O)O)C(=O)CC(=O)C(Cc1ccccc1)NCc1ccc2c(c1)OCO2. The van der Waals surface area contributed by atoms with Crippen LogP contribution in [0.4, 0.5) is 0 Å². The van der Waals surface area contributed by atoms with E-state index < -0.39 is 36.3 Å². The van der Waals surface area contributed by atoms with E-state index in [4.69, 9.17) is 31.5 Å². The van der Waals surface area contributed by atoms with Crippen molar-refractivity contribution in [3.05, 3.63) is 59.7 Å². The minimum atomic E-state index is -1.15. The molecule has 11 heteroatoms. The summed E-state index contributed by atoms with van der Waals surface area (Å²) in [4.78, 5) is 37.9. The highest BCUT2D eigenvalue weighted by atomic mass is 16.7. The van der Waals surface area contributed by atoms with Gasteiger partial charge in [-0.15, -0.1) is 0 Å². The maximum absolute atomic E-state index is 13.2. The fourth-order valence-electron chi connectivity index (χ4n) is 3.78. The second kappa shape index (κ2) is 12.7. The van der Waals surface area contributed by atoms with Gasteiger partial charge in [-0.2, -0.15) is 0 Å². The smallest absolute Gasteiger partial charge is 0.320 e. The first-order valence-corrected chi connectivity index (χ1v) is 11.6. The molecule has 1 amide bonds. The van der Waals surface area contributed by atoms with Gasteiger partial charge in [0.25, 0.3) is 0 Å². The molecule has 2 unspecified atom stereocenters. The molecule has 0 saturated carbocycles. The van der Waals surface area contributed by atoms with Crippen molar-refractivity contribution in [2.75, 3.05) is 13.3 Å². The molecule has 0 spiro atoms. The van der Waals surface area contributed by atoms with Crippen LogP contribution in [0.2, 0.25) is 0 Å². The zero-order chi connectivity index (χ0) is 26.1. The predicted molar refractivity (Wildman–Crippen MR) is 131 cm³/mol. The summed E-state index contributed by atoms with van der Waals surface area (Å²) in [5.74, 6) is -1.34. The van der Waals surface area contributed by atoms with E-state index >= 15 is 0 Å². The molecule has 0 radical (unpaired) electrons. The number of ether oxygens (including phenoxy) is 2. The maximum Gasteiger partial charge on any atom is 0.320 e. The van der Waals surface area contributed by atoms with Gasteiger partial charge in [0.05, 0.1) is 12.5 Å². The van der Waals surface area contributed by atoms with Crippen LogP contribution < -0.4 is 26.3 Å². The number of aliphatic carboxylic acids is 1. The number of amides is 1. The van der Waals surface area contributed by atoms with Gasteiger partial charge in [0.2, 0.25) is 12.7 Å². The van der Waals surface area contributed by atoms with E-state index in [-0.39, 0.29) is 32.0 Å². The molecule has 0 aromatic heterocycles. The normalized spacial score (nSPS) is 13.6. The molecule has 2 aromatic rings. The van der Waals surface area contributed by atoms with Crippen molar-refractivity contribution in [2.24, 2.45) is 11.5 Å². The Balaban J connectivity index is 1.65. The van der Waals surface area contributed by atoms with Gasteiger partial charge in [-0.3, -0.25) is 24.7 Å². The molecule has 1 aliphatic rings. The molecule has 0 bridgehead atoms. The van der Waals surface area contributed by atoms with Gasteiger partial charge in [0.1, 0.15) is 6.04 Å². The van der Waals surface area contributed by atoms with E-state index in [0.29, 0.717) is 24.5 Å². The summed E-state index contributed by atoms with van der Waals surface area (Å²) in [6.45, 7) is 0.520. The Morgan fingerprint density at radius 1 is 1.08 bits per heavy atom. The molecular formula is C25H31N5O6. The molecule has 11 nitrogen and oxygen atoms in total. The molecule has 7 N–H and O–H groups in total. The highest BCUT2D eigenvalue weighted by molar-refractivity contribution is 6.06. The van der Waals surface area contributed by atoms with Crippen molar-refractivity contribution in [1.82, 2.24) is 10.2 Å². The van der Waals surface area contributed by atoms with Gasteiger partial charge >= 0.3 is 5.97 Å². The third kappa shape index (κ3) is 7.52. The Kier molecular flexibility index (Phi) is 9.37. The van der Waals surface area contributed by atoms with Gasteiger partial charge in [-0.05, 0) is 42.5 Å². The molecule has 1 aliphatic heterocycles. The number of carboxylic acid groups (broad SMARTS) is 1. The minimum Gasteiger partial charge on any atom is -0.480 e. The number of rotatable bonds is 13.